The van der Waals surface area contributed by atoms with Gasteiger partial charge in [0.2, 0.25) is 5.91 Å². The van der Waals surface area contributed by atoms with Gasteiger partial charge in [0.05, 0.1) is 5.52 Å². The van der Waals surface area contributed by atoms with Gasteiger partial charge < -0.3 is 10.2 Å². The smallest absolute Gasteiger partial charge is 0.235 e. The molecule has 2 aliphatic rings. The van der Waals surface area contributed by atoms with Crippen molar-refractivity contribution in [3.8, 4) is 11.1 Å². The molecule has 0 bridgehead atoms. The van der Waals surface area contributed by atoms with Gasteiger partial charge in [-0.3, -0.25) is 9.69 Å². The highest BCUT2D eigenvalue weighted by Crippen LogP contribution is 2.51. The average Bonchev–Trinajstić information content (AvgIpc) is 3.29. The third kappa shape index (κ3) is 4.97. The highest BCUT2D eigenvalue weighted by Gasteiger charge is 2.48. The number of aromatic nitrogens is 1. The van der Waals surface area contributed by atoms with E-state index in [4.69, 9.17) is 16.6 Å². The van der Waals surface area contributed by atoms with E-state index in [1.165, 1.54) is 11.1 Å². The molecule has 206 valence electrons. The van der Waals surface area contributed by atoms with Crippen LogP contribution in [0.15, 0.2) is 78.9 Å². The van der Waals surface area contributed by atoms with E-state index in [0.29, 0.717) is 6.54 Å². The Morgan fingerprint density at radius 1 is 0.900 bits per heavy atom. The number of fused-ring (bicyclic) bond motifs is 4. The van der Waals surface area contributed by atoms with Crippen molar-refractivity contribution in [2.75, 3.05) is 44.2 Å². The number of carbonyl (C=O) groups is 1. The topological polar surface area (TPSA) is 48.5 Å². The number of hydrogen-bond acceptors (Lipinski definition) is 4. The van der Waals surface area contributed by atoms with Crippen molar-refractivity contribution in [1.29, 1.82) is 0 Å². The van der Waals surface area contributed by atoms with Gasteiger partial charge in [-0.2, -0.15) is 0 Å². The van der Waals surface area contributed by atoms with Gasteiger partial charge in [-0.05, 0) is 78.4 Å². The molecule has 1 aromatic heterocycles. The lowest BCUT2D eigenvalue weighted by Crippen LogP contribution is -2.47. The predicted molar refractivity (Wildman–Crippen MR) is 165 cm³/mol. The molecule has 1 aliphatic carbocycles. The molecule has 1 fully saturated rings. The van der Waals surface area contributed by atoms with Gasteiger partial charge in [-0.25, -0.2) is 4.98 Å². The van der Waals surface area contributed by atoms with Crippen LogP contribution in [-0.4, -0.2) is 55.1 Å². The third-order valence-corrected chi connectivity index (χ3v) is 8.83. The number of hydrogen-bond donors (Lipinski definition) is 1. The first kappa shape index (κ1) is 26.8. The molecule has 40 heavy (non-hydrogen) atoms. The Balaban J connectivity index is 1.10. The number of pyridine rings is 1. The number of nitrogens with one attached hydrogen (secondary N) is 1. The summed E-state index contributed by atoms with van der Waals surface area (Å²) >= 11 is 6.14. The van der Waals surface area contributed by atoms with Crippen LogP contribution in [-0.2, 0) is 10.2 Å². The van der Waals surface area contributed by atoms with Crippen LogP contribution in [0.1, 0.15) is 43.7 Å². The van der Waals surface area contributed by atoms with E-state index in [9.17, 15) is 4.79 Å². The van der Waals surface area contributed by atoms with Gasteiger partial charge in [0, 0.05) is 43.1 Å². The van der Waals surface area contributed by atoms with E-state index >= 15 is 0 Å². The van der Waals surface area contributed by atoms with Gasteiger partial charge >= 0.3 is 0 Å². The van der Waals surface area contributed by atoms with Crippen molar-refractivity contribution in [1.82, 2.24) is 15.2 Å². The predicted octanol–water partition coefficient (Wildman–Crippen LogP) is 6.67. The first-order chi connectivity index (χ1) is 19.6. The summed E-state index contributed by atoms with van der Waals surface area (Å²) in [6, 6.07) is 27.1. The minimum atomic E-state index is -0.618. The molecule has 3 aromatic carbocycles. The van der Waals surface area contributed by atoms with E-state index in [1.54, 1.807) is 0 Å². The Morgan fingerprint density at radius 3 is 2.30 bits per heavy atom. The van der Waals surface area contributed by atoms with Crippen LogP contribution in [0.3, 0.4) is 0 Å². The molecule has 1 saturated heterocycles. The van der Waals surface area contributed by atoms with Crippen molar-refractivity contribution in [2.24, 2.45) is 0 Å². The number of halogens is 1. The van der Waals surface area contributed by atoms with Crippen molar-refractivity contribution < 1.29 is 4.79 Å². The normalized spacial score (nSPS) is 16.1. The number of nitrogens with zero attached hydrogens (tertiary/aromatic N) is 3. The van der Waals surface area contributed by atoms with Crippen molar-refractivity contribution in [2.45, 2.75) is 38.0 Å². The van der Waals surface area contributed by atoms with Crippen LogP contribution in [0.4, 0.5) is 5.82 Å². The van der Waals surface area contributed by atoms with Crippen molar-refractivity contribution >= 4 is 34.2 Å². The monoisotopic (exact) mass is 552 g/mol. The lowest BCUT2D eigenvalue weighted by molar-refractivity contribution is -0.125. The van der Waals surface area contributed by atoms with Crippen LogP contribution in [0.25, 0.3) is 22.0 Å². The van der Waals surface area contributed by atoms with Gasteiger partial charge in [-0.1, -0.05) is 73.5 Å². The first-order valence-electron chi connectivity index (χ1n) is 14.6. The van der Waals surface area contributed by atoms with E-state index in [1.807, 2.05) is 18.2 Å². The average molecular weight is 553 g/mol. The number of piperazine rings is 1. The molecule has 0 saturated carbocycles. The lowest BCUT2D eigenvalue weighted by Gasteiger charge is -2.36. The lowest BCUT2D eigenvalue weighted by atomic mass is 9.73. The number of unbranched alkanes of at least 4 members (excludes halogenated alkanes) is 1. The maximum Gasteiger partial charge on any atom is 0.235 e. The van der Waals surface area contributed by atoms with Crippen LogP contribution < -0.4 is 10.2 Å². The zero-order valence-corrected chi connectivity index (χ0v) is 24.0. The standard InChI is InChI=1S/C34H37ClN4O/c1-2-18-36-33(40)34(29-11-5-3-9-27(29)28-10-4-6-12-30(28)34)17-7-8-19-38-20-22-39(23-21-38)32-16-13-25-24-26(35)14-15-31(25)37-32/h3-6,9-16,24H,2,7-8,17-23H2,1H3,(H,36,40). The van der Waals surface area contributed by atoms with Crippen LogP contribution in [0, 0.1) is 0 Å². The molecular formula is C34H37ClN4O. The SMILES string of the molecule is CCCNC(=O)C1(CCCCN2CCN(c3ccc4cc(Cl)ccc4n3)CC2)c2ccccc2-c2ccccc21. The number of carbonyl (C=O) groups excluding carboxylic acids is 1. The Hall–Kier alpha value is -3.41. The molecule has 0 spiro atoms. The summed E-state index contributed by atoms with van der Waals surface area (Å²) in [5.74, 6) is 1.18. The summed E-state index contributed by atoms with van der Waals surface area (Å²) in [7, 11) is 0. The third-order valence-electron chi connectivity index (χ3n) is 8.60. The Labute approximate surface area is 242 Å². The van der Waals surface area contributed by atoms with Crippen LogP contribution in [0.2, 0.25) is 5.02 Å². The fraction of sp³-hybridized carbons (Fsp3) is 0.353. The quantitative estimate of drug-likeness (QED) is 0.235. The Morgan fingerprint density at radius 2 is 1.60 bits per heavy atom. The minimum absolute atomic E-state index is 0.144. The van der Waals surface area contributed by atoms with Crippen LogP contribution in [0.5, 0.6) is 0 Å². The molecule has 4 aromatic rings. The number of benzene rings is 3. The highest BCUT2D eigenvalue weighted by atomic mass is 35.5. The molecule has 1 N–H and O–H groups in total. The molecule has 0 atom stereocenters. The second-order valence-corrected chi connectivity index (χ2v) is 11.5. The molecule has 2 heterocycles. The van der Waals surface area contributed by atoms with Gasteiger partial charge in [0.1, 0.15) is 11.2 Å². The van der Waals surface area contributed by atoms with Crippen LogP contribution >= 0.6 is 11.6 Å². The Bertz CT molecular complexity index is 1470. The van der Waals surface area contributed by atoms with E-state index in [-0.39, 0.29) is 5.91 Å². The fourth-order valence-electron chi connectivity index (χ4n) is 6.53. The Kier molecular flexibility index (Phi) is 7.77. The molecule has 6 rings (SSSR count). The summed E-state index contributed by atoms with van der Waals surface area (Å²) in [5, 5.41) is 5.07. The molecular weight excluding hydrogens is 516 g/mol. The number of amides is 1. The summed E-state index contributed by atoms with van der Waals surface area (Å²) in [5.41, 5.74) is 5.08. The maximum absolute atomic E-state index is 13.9. The second-order valence-electron chi connectivity index (χ2n) is 11.0. The largest absolute Gasteiger partial charge is 0.355 e. The van der Waals surface area contributed by atoms with E-state index in [2.05, 4.69) is 82.7 Å². The maximum atomic E-state index is 13.9. The van der Waals surface area contributed by atoms with Crippen molar-refractivity contribution in [3.63, 3.8) is 0 Å². The summed E-state index contributed by atoms with van der Waals surface area (Å²) in [4.78, 5) is 23.7. The zero-order valence-electron chi connectivity index (χ0n) is 23.2. The van der Waals surface area contributed by atoms with Gasteiger partial charge in [-0.15, -0.1) is 0 Å². The second kappa shape index (κ2) is 11.6. The minimum Gasteiger partial charge on any atom is -0.355 e. The first-order valence-corrected chi connectivity index (χ1v) is 15.0. The summed E-state index contributed by atoms with van der Waals surface area (Å²) < 4.78 is 0. The van der Waals surface area contributed by atoms with Gasteiger partial charge in [0.15, 0.2) is 0 Å². The molecule has 1 aliphatic heterocycles. The molecule has 0 radical (unpaired) electrons. The van der Waals surface area contributed by atoms with E-state index < -0.39 is 5.41 Å². The molecule has 6 heteroatoms. The molecule has 0 unspecified atom stereocenters. The van der Waals surface area contributed by atoms with Gasteiger partial charge in [0.25, 0.3) is 0 Å². The number of anilines is 1. The molecule has 5 nitrogen and oxygen atoms in total. The number of rotatable bonds is 9. The summed E-state index contributed by atoms with van der Waals surface area (Å²) in [6.07, 6.45) is 3.82. The summed E-state index contributed by atoms with van der Waals surface area (Å²) in [6.45, 7) is 7.84. The highest BCUT2D eigenvalue weighted by molar-refractivity contribution is 6.31. The van der Waals surface area contributed by atoms with Crippen molar-refractivity contribution in [3.05, 3.63) is 95.0 Å². The van der Waals surface area contributed by atoms with E-state index in [0.717, 1.165) is 91.3 Å². The molecule has 1 amide bonds. The fourth-order valence-corrected chi connectivity index (χ4v) is 6.71. The zero-order chi connectivity index (χ0) is 27.5.